The van der Waals surface area contributed by atoms with Crippen LogP contribution in [0.1, 0.15) is 43.6 Å². The van der Waals surface area contributed by atoms with Gasteiger partial charge in [0.2, 0.25) is 0 Å². The van der Waals surface area contributed by atoms with Crippen LogP contribution in [-0.4, -0.2) is 22.6 Å². The number of nitrogens with zero attached hydrogens (tertiary/aromatic N) is 3. The van der Waals surface area contributed by atoms with Gasteiger partial charge in [0.25, 0.3) is 0 Å². The van der Waals surface area contributed by atoms with Crippen LogP contribution in [-0.2, 0) is 0 Å². The van der Waals surface area contributed by atoms with E-state index in [1.807, 2.05) is 0 Å². The van der Waals surface area contributed by atoms with Crippen molar-refractivity contribution in [2.45, 2.75) is 38.0 Å². The topological polar surface area (TPSA) is 30.7 Å². The lowest BCUT2D eigenvalue weighted by atomic mass is 9.82. The first kappa shape index (κ1) is 34.2. The third-order valence-corrected chi connectivity index (χ3v) is 16.8. The first-order valence-corrected chi connectivity index (χ1v) is 22.0. The Morgan fingerprint density at radius 3 is 1.57 bits per heavy atom. The predicted molar refractivity (Wildman–Crippen MR) is 237 cm³/mol. The molecule has 0 radical (unpaired) electrons. The molecular formula is C52H43N3Si. The van der Waals surface area contributed by atoms with E-state index in [1.165, 1.54) is 69.2 Å². The molecule has 1 fully saturated rings. The van der Waals surface area contributed by atoms with Crippen LogP contribution in [0, 0.1) is 0 Å². The molecule has 0 bridgehead atoms. The van der Waals surface area contributed by atoms with E-state index in [1.54, 1.807) is 0 Å². The van der Waals surface area contributed by atoms with Crippen LogP contribution in [0.3, 0.4) is 0 Å². The molecule has 0 aliphatic heterocycles. The number of aromatic nitrogens is 3. The first-order chi connectivity index (χ1) is 27.8. The highest BCUT2D eigenvalue weighted by Crippen LogP contribution is 2.39. The highest BCUT2D eigenvalue weighted by molar-refractivity contribution is 7.19. The van der Waals surface area contributed by atoms with E-state index < -0.39 is 8.07 Å². The van der Waals surface area contributed by atoms with Crippen LogP contribution in [0.15, 0.2) is 194 Å². The standard InChI is InChI=1S/C52H43N3Si/c1-5-20-38(21-6-1)44-30-13-14-33-47(44)52-53-48(37-51(54-52)55-49-34-17-15-31-45(49)46-32-16-18-35-50(46)55)39-22-19-29-43(36-39)56(40-23-7-2-8-24-40,41-25-9-3-10-26-41)42-27-11-4-12-28-42/h2-4,7-19,22-38H,1,5-6,20-21H2. The molecule has 2 heterocycles. The highest BCUT2D eigenvalue weighted by Gasteiger charge is 2.41. The van der Waals surface area contributed by atoms with Crippen LogP contribution < -0.4 is 20.7 Å². The molecular weight excluding hydrogens is 695 g/mol. The lowest BCUT2D eigenvalue weighted by Crippen LogP contribution is -2.74. The van der Waals surface area contributed by atoms with Gasteiger partial charge in [0.05, 0.1) is 16.7 Å². The summed E-state index contributed by atoms with van der Waals surface area (Å²) in [5, 5.41) is 7.82. The minimum Gasteiger partial charge on any atom is -0.294 e. The van der Waals surface area contributed by atoms with Crippen LogP contribution in [0.5, 0.6) is 0 Å². The highest BCUT2D eigenvalue weighted by atomic mass is 28.3. The number of benzene rings is 7. The number of fused-ring (bicyclic) bond motifs is 3. The molecule has 10 rings (SSSR count). The van der Waals surface area contributed by atoms with Crippen molar-refractivity contribution >= 4 is 50.6 Å². The van der Waals surface area contributed by atoms with Crippen molar-refractivity contribution in [1.29, 1.82) is 0 Å². The second-order valence-corrected chi connectivity index (χ2v) is 19.0. The number of para-hydroxylation sites is 2. The van der Waals surface area contributed by atoms with Crippen LogP contribution in [0.25, 0.3) is 50.3 Å². The van der Waals surface area contributed by atoms with Gasteiger partial charge in [0, 0.05) is 28.0 Å². The van der Waals surface area contributed by atoms with Gasteiger partial charge in [-0.1, -0.05) is 195 Å². The van der Waals surface area contributed by atoms with Gasteiger partial charge in [0.15, 0.2) is 13.9 Å². The second-order valence-electron chi connectivity index (χ2n) is 15.2. The van der Waals surface area contributed by atoms with Gasteiger partial charge in [-0.15, -0.1) is 0 Å². The summed E-state index contributed by atoms with van der Waals surface area (Å²) >= 11 is 0. The molecule has 9 aromatic rings. The molecule has 1 saturated carbocycles. The largest absolute Gasteiger partial charge is 0.294 e. The zero-order chi connectivity index (χ0) is 37.3. The Hall–Kier alpha value is -6.36. The molecule has 270 valence electrons. The fourth-order valence-corrected chi connectivity index (χ4v) is 14.2. The summed E-state index contributed by atoms with van der Waals surface area (Å²) in [5.74, 6) is 2.18. The molecule has 4 heteroatoms. The number of rotatable bonds is 8. The molecule has 3 nitrogen and oxygen atoms in total. The van der Waals surface area contributed by atoms with Crippen molar-refractivity contribution in [2.75, 3.05) is 0 Å². The predicted octanol–water partition coefficient (Wildman–Crippen LogP) is 10.3. The van der Waals surface area contributed by atoms with Gasteiger partial charge >= 0.3 is 0 Å². The Morgan fingerprint density at radius 2 is 0.964 bits per heavy atom. The zero-order valence-electron chi connectivity index (χ0n) is 31.4. The fraction of sp³-hybridized carbons (Fsp3) is 0.115. The summed E-state index contributed by atoms with van der Waals surface area (Å²) < 4.78 is 2.34. The Bertz CT molecular complexity index is 2640. The third kappa shape index (κ3) is 5.89. The molecule has 56 heavy (non-hydrogen) atoms. The summed E-state index contributed by atoms with van der Waals surface area (Å²) in [5.41, 5.74) is 6.80. The quantitative estimate of drug-likeness (QED) is 0.115. The van der Waals surface area contributed by atoms with Crippen molar-refractivity contribution in [2.24, 2.45) is 0 Å². The monoisotopic (exact) mass is 737 g/mol. The SMILES string of the molecule is c1ccc([Si](c2ccccc2)(c2ccccc2)c2cccc(-c3cc(-n4c5ccccc5c5ccccc54)nc(-c4ccccc4C4CCCCC4)n3)c2)cc1. The van der Waals surface area contributed by atoms with E-state index in [4.69, 9.17) is 9.97 Å². The molecule has 0 unspecified atom stereocenters. The van der Waals surface area contributed by atoms with Gasteiger partial charge in [0.1, 0.15) is 5.82 Å². The lowest BCUT2D eigenvalue weighted by Gasteiger charge is -2.34. The zero-order valence-corrected chi connectivity index (χ0v) is 32.4. The van der Waals surface area contributed by atoms with E-state index in [0.29, 0.717) is 5.92 Å². The molecule has 2 aromatic heterocycles. The molecule has 0 amide bonds. The smallest absolute Gasteiger partial charge is 0.179 e. The van der Waals surface area contributed by atoms with Gasteiger partial charge in [-0.2, -0.15) is 0 Å². The summed E-state index contributed by atoms with van der Waals surface area (Å²) in [7, 11) is -2.76. The van der Waals surface area contributed by atoms with E-state index in [9.17, 15) is 0 Å². The minimum absolute atomic E-state index is 0.515. The lowest BCUT2D eigenvalue weighted by molar-refractivity contribution is 0.444. The van der Waals surface area contributed by atoms with Crippen LogP contribution in [0.4, 0.5) is 0 Å². The second kappa shape index (κ2) is 14.7. The Morgan fingerprint density at radius 1 is 0.446 bits per heavy atom. The molecule has 7 aromatic carbocycles. The maximum atomic E-state index is 5.53. The maximum Gasteiger partial charge on any atom is 0.179 e. The third-order valence-electron chi connectivity index (χ3n) is 12.0. The summed E-state index contributed by atoms with van der Waals surface area (Å²) in [6.07, 6.45) is 6.29. The van der Waals surface area contributed by atoms with E-state index in [-0.39, 0.29) is 0 Å². The average molecular weight is 738 g/mol. The van der Waals surface area contributed by atoms with Crippen molar-refractivity contribution in [3.8, 4) is 28.5 Å². The van der Waals surface area contributed by atoms with E-state index >= 15 is 0 Å². The summed E-state index contributed by atoms with van der Waals surface area (Å²) in [6.45, 7) is 0. The summed E-state index contributed by atoms with van der Waals surface area (Å²) in [6, 6.07) is 71.2. The molecule has 0 spiro atoms. The minimum atomic E-state index is -2.76. The van der Waals surface area contributed by atoms with E-state index in [2.05, 4.69) is 199 Å². The molecule has 0 saturated heterocycles. The van der Waals surface area contributed by atoms with Gasteiger partial charge in [-0.3, -0.25) is 4.57 Å². The van der Waals surface area contributed by atoms with Crippen LogP contribution >= 0.6 is 0 Å². The van der Waals surface area contributed by atoms with Gasteiger partial charge in [-0.25, -0.2) is 9.97 Å². The fourth-order valence-electron chi connectivity index (χ4n) is 9.43. The molecule has 1 aliphatic carbocycles. The van der Waals surface area contributed by atoms with Gasteiger partial charge < -0.3 is 0 Å². The Labute approximate surface area is 330 Å². The number of hydrogen-bond donors (Lipinski definition) is 0. The van der Waals surface area contributed by atoms with Crippen molar-refractivity contribution in [3.05, 3.63) is 200 Å². The van der Waals surface area contributed by atoms with Crippen LogP contribution in [0.2, 0.25) is 0 Å². The summed E-state index contributed by atoms with van der Waals surface area (Å²) in [4.78, 5) is 11.0. The first-order valence-electron chi connectivity index (χ1n) is 20.0. The van der Waals surface area contributed by atoms with Gasteiger partial charge in [-0.05, 0) is 57.2 Å². The van der Waals surface area contributed by atoms with Crippen molar-refractivity contribution in [1.82, 2.24) is 14.5 Å². The Balaban J connectivity index is 1.24. The number of hydrogen-bond acceptors (Lipinski definition) is 2. The Kier molecular flexibility index (Phi) is 8.97. The van der Waals surface area contributed by atoms with Crippen molar-refractivity contribution < 1.29 is 0 Å². The molecule has 0 atom stereocenters. The van der Waals surface area contributed by atoms with E-state index in [0.717, 1.165) is 39.5 Å². The van der Waals surface area contributed by atoms with Crippen molar-refractivity contribution in [3.63, 3.8) is 0 Å². The molecule has 1 aliphatic rings. The maximum absolute atomic E-state index is 5.53. The normalized spacial score (nSPS) is 13.6. The average Bonchev–Trinajstić information content (AvgIpc) is 3.63. The molecule has 0 N–H and O–H groups in total.